The third-order valence-corrected chi connectivity index (χ3v) is 6.71. The molecule has 140 valence electrons. The number of esters is 1. The summed E-state index contributed by atoms with van der Waals surface area (Å²) in [6.07, 6.45) is 5.04. The van der Waals surface area contributed by atoms with Crippen molar-refractivity contribution in [3.8, 4) is 0 Å². The van der Waals surface area contributed by atoms with Crippen molar-refractivity contribution in [3.63, 3.8) is 0 Å². The first-order chi connectivity index (χ1) is 12.5. The van der Waals surface area contributed by atoms with Crippen molar-refractivity contribution in [3.05, 3.63) is 16.8 Å². The third kappa shape index (κ3) is 4.35. The number of thiophene rings is 1. The SMILES string of the molecule is Cc1sc2ncnc(SCC(=O)O[C@H](C)C(=O)NC3CCCC3)c2c1C. The number of hydrogen-bond donors (Lipinski definition) is 1. The monoisotopic (exact) mass is 393 g/mol. The van der Waals surface area contributed by atoms with Crippen LogP contribution in [0.3, 0.4) is 0 Å². The Morgan fingerprint density at radius 1 is 1.35 bits per heavy atom. The molecule has 2 aromatic heterocycles. The number of carbonyl (C=O) groups excluding carboxylic acids is 2. The summed E-state index contributed by atoms with van der Waals surface area (Å²) in [4.78, 5) is 35.0. The zero-order chi connectivity index (χ0) is 18.7. The molecule has 0 aliphatic heterocycles. The summed E-state index contributed by atoms with van der Waals surface area (Å²) in [5.74, 6) is -0.522. The van der Waals surface area contributed by atoms with Crippen molar-refractivity contribution in [2.75, 3.05) is 5.75 Å². The number of ether oxygens (including phenoxy) is 1. The van der Waals surface area contributed by atoms with Gasteiger partial charge in [-0.2, -0.15) is 0 Å². The molecule has 1 aliphatic rings. The summed E-state index contributed by atoms with van der Waals surface area (Å²) in [5, 5.41) is 4.72. The molecule has 8 heteroatoms. The minimum Gasteiger partial charge on any atom is -0.452 e. The van der Waals surface area contributed by atoms with Crippen LogP contribution >= 0.6 is 23.1 Å². The van der Waals surface area contributed by atoms with Crippen LogP contribution in [0.25, 0.3) is 10.2 Å². The van der Waals surface area contributed by atoms with Gasteiger partial charge in [-0.3, -0.25) is 9.59 Å². The van der Waals surface area contributed by atoms with Crippen LogP contribution in [0.1, 0.15) is 43.0 Å². The van der Waals surface area contributed by atoms with Gasteiger partial charge in [-0.25, -0.2) is 9.97 Å². The number of hydrogen-bond acceptors (Lipinski definition) is 7. The van der Waals surface area contributed by atoms with Crippen LogP contribution in [0, 0.1) is 13.8 Å². The van der Waals surface area contributed by atoms with E-state index in [0.717, 1.165) is 46.5 Å². The van der Waals surface area contributed by atoms with Gasteiger partial charge >= 0.3 is 5.97 Å². The Hall–Kier alpha value is -1.67. The standard InChI is InChI=1S/C18H23N3O3S2/c1-10-12(3)26-18-15(10)17(19-9-20-18)25-8-14(22)24-11(2)16(23)21-13-6-4-5-7-13/h9,11,13H,4-8H2,1-3H3,(H,21,23)/t11-/m1/s1. The van der Waals surface area contributed by atoms with Gasteiger partial charge in [0.1, 0.15) is 16.2 Å². The van der Waals surface area contributed by atoms with E-state index in [0.29, 0.717) is 0 Å². The average molecular weight is 394 g/mol. The fraction of sp³-hybridized carbons (Fsp3) is 0.556. The highest BCUT2D eigenvalue weighted by Crippen LogP contribution is 2.34. The zero-order valence-electron chi connectivity index (χ0n) is 15.2. The predicted octanol–water partition coefficient (Wildman–Crippen LogP) is 3.39. The van der Waals surface area contributed by atoms with Crippen molar-refractivity contribution >= 4 is 45.2 Å². The smallest absolute Gasteiger partial charge is 0.317 e. The maximum Gasteiger partial charge on any atom is 0.317 e. The van der Waals surface area contributed by atoms with E-state index in [2.05, 4.69) is 22.2 Å². The Balaban J connectivity index is 1.55. The molecule has 1 atom stereocenters. The second-order valence-corrected chi connectivity index (χ2v) is 8.72. The minimum atomic E-state index is -0.778. The lowest BCUT2D eigenvalue weighted by atomic mass is 10.2. The second kappa shape index (κ2) is 8.35. The molecular formula is C18H23N3O3S2. The number of aryl methyl sites for hydroxylation is 2. The Bertz CT molecular complexity index is 815. The van der Waals surface area contributed by atoms with Crippen LogP contribution < -0.4 is 5.32 Å². The third-order valence-electron chi connectivity index (χ3n) is 4.64. The Labute approximate surface area is 161 Å². The molecular weight excluding hydrogens is 370 g/mol. The molecule has 0 spiro atoms. The maximum atomic E-state index is 12.1. The molecule has 0 unspecified atom stereocenters. The summed E-state index contributed by atoms with van der Waals surface area (Å²) >= 11 is 2.94. The Morgan fingerprint density at radius 3 is 2.81 bits per heavy atom. The Kier molecular flexibility index (Phi) is 6.13. The molecule has 1 saturated carbocycles. The van der Waals surface area contributed by atoms with E-state index in [1.165, 1.54) is 23.0 Å². The number of nitrogens with one attached hydrogen (secondary N) is 1. The highest BCUT2D eigenvalue weighted by Gasteiger charge is 2.23. The molecule has 1 fully saturated rings. The van der Waals surface area contributed by atoms with Crippen LogP contribution in [0.2, 0.25) is 0 Å². The predicted molar refractivity (Wildman–Crippen MR) is 104 cm³/mol. The number of fused-ring (bicyclic) bond motifs is 1. The number of carbonyl (C=O) groups is 2. The van der Waals surface area contributed by atoms with E-state index in [1.54, 1.807) is 18.3 Å². The highest BCUT2D eigenvalue weighted by molar-refractivity contribution is 8.00. The molecule has 0 radical (unpaired) electrons. The lowest BCUT2D eigenvalue weighted by molar-refractivity contribution is -0.152. The molecule has 6 nitrogen and oxygen atoms in total. The van der Waals surface area contributed by atoms with Gasteiger partial charge < -0.3 is 10.1 Å². The largest absolute Gasteiger partial charge is 0.452 e. The minimum absolute atomic E-state index is 0.113. The van der Waals surface area contributed by atoms with Crippen molar-refractivity contribution in [1.82, 2.24) is 15.3 Å². The number of nitrogens with zero attached hydrogens (tertiary/aromatic N) is 2. The van der Waals surface area contributed by atoms with Gasteiger partial charge in [-0.05, 0) is 39.2 Å². The van der Waals surface area contributed by atoms with Crippen LogP contribution in [0.15, 0.2) is 11.4 Å². The van der Waals surface area contributed by atoms with Crippen LogP contribution in [0.4, 0.5) is 0 Å². The van der Waals surface area contributed by atoms with Gasteiger partial charge in [0.05, 0.1) is 5.75 Å². The Morgan fingerprint density at radius 2 is 2.08 bits per heavy atom. The molecule has 1 aliphatic carbocycles. The van der Waals surface area contributed by atoms with Gasteiger partial charge in [-0.1, -0.05) is 24.6 Å². The topological polar surface area (TPSA) is 81.2 Å². The molecule has 0 saturated heterocycles. The molecule has 1 N–H and O–H groups in total. The van der Waals surface area contributed by atoms with E-state index in [9.17, 15) is 9.59 Å². The van der Waals surface area contributed by atoms with E-state index in [1.807, 2.05) is 6.92 Å². The van der Waals surface area contributed by atoms with E-state index in [-0.39, 0.29) is 17.7 Å². The number of thioether (sulfide) groups is 1. The van der Waals surface area contributed by atoms with E-state index >= 15 is 0 Å². The lowest BCUT2D eigenvalue weighted by Crippen LogP contribution is -2.41. The van der Waals surface area contributed by atoms with Gasteiger partial charge in [0.15, 0.2) is 6.10 Å². The van der Waals surface area contributed by atoms with Gasteiger partial charge in [0, 0.05) is 16.3 Å². The summed E-state index contributed by atoms with van der Waals surface area (Å²) in [6, 6.07) is 0.220. The normalized spacial score (nSPS) is 16.0. The molecule has 1 amide bonds. The average Bonchev–Trinajstić information content (AvgIpc) is 3.21. The number of aromatic nitrogens is 2. The second-order valence-electron chi connectivity index (χ2n) is 6.55. The van der Waals surface area contributed by atoms with Crippen molar-refractivity contribution < 1.29 is 14.3 Å². The van der Waals surface area contributed by atoms with Crippen LogP contribution in [-0.4, -0.2) is 39.7 Å². The molecule has 0 aromatic carbocycles. The van der Waals surface area contributed by atoms with Gasteiger partial charge in [0.2, 0.25) is 0 Å². The number of rotatable bonds is 6. The summed E-state index contributed by atoms with van der Waals surface area (Å²) < 4.78 is 5.28. The first-order valence-corrected chi connectivity index (χ1v) is 10.6. The van der Waals surface area contributed by atoms with Crippen LogP contribution in [0.5, 0.6) is 0 Å². The summed E-state index contributed by atoms with van der Waals surface area (Å²) in [6.45, 7) is 5.70. The first kappa shape index (κ1) is 19.1. The first-order valence-electron chi connectivity index (χ1n) is 8.79. The summed E-state index contributed by atoms with van der Waals surface area (Å²) in [7, 11) is 0. The fourth-order valence-electron chi connectivity index (χ4n) is 3.06. The molecule has 2 heterocycles. The summed E-state index contributed by atoms with van der Waals surface area (Å²) in [5.41, 5.74) is 1.14. The molecule has 3 rings (SSSR count). The van der Waals surface area contributed by atoms with Crippen molar-refractivity contribution in [1.29, 1.82) is 0 Å². The van der Waals surface area contributed by atoms with Gasteiger partial charge in [0.25, 0.3) is 5.91 Å². The van der Waals surface area contributed by atoms with Crippen molar-refractivity contribution in [2.24, 2.45) is 0 Å². The van der Waals surface area contributed by atoms with Gasteiger partial charge in [-0.15, -0.1) is 11.3 Å². The zero-order valence-corrected chi connectivity index (χ0v) is 16.8. The molecule has 2 aromatic rings. The highest BCUT2D eigenvalue weighted by atomic mass is 32.2. The number of amides is 1. The van der Waals surface area contributed by atoms with Crippen molar-refractivity contribution in [2.45, 2.75) is 63.6 Å². The maximum absolute atomic E-state index is 12.1. The van der Waals surface area contributed by atoms with E-state index in [4.69, 9.17) is 4.74 Å². The van der Waals surface area contributed by atoms with Crippen LogP contribution in [-0.2, 0) is 14.3 Å². The quantitative estimate of drug-likeness (QED) is 0.460. The lowest BCUT2D eigenvalue weighted by Gasteiger charge is -2.17. The van der Waals surface area contributed by atoms with E-state index < -0.39 is 12.1 Å². The molecule has 0 bridgehead atoms. The fourth-order valence-corrected chi connectivity index (χ4v) is 4.96. The molecule has 26 heavy (non-hydrogen) atoms.